The second kappa shape index (κ2) is 7.45. The van der Waals surface area contributed by atoms with Crippen LogP contribution in [0.3, 0.4) is 0 Å². The fraction of sp³-hybridized carbons (Fsp3) is 1.00. The van der Waals surface area contributed by atoms with Gasteiger partial charge in [0, 0.05) is 30.9 Å². The van der Waals surface area contributed by atoms with Gasteiger partial charge in [0.05, 0.1) is 13.2 Å². The molecule has 1 aliphatic rings. The highest BCUT2D eigenvalue weighted by Crippen LogP contribution is 2.29. The Labute approximate surface area is 104 Å². The highest BCUT2D eigenvalue weighted by Gasteiger charge is 2.27. The average Bonchev–Trinajstić information content (AvgIpc) is 2.25. The first-order chi connectivity index (χ1) is 7.97. The van der Waals surface area contributed by atoms with Crippen LogP contribution in [0.15, 0.2) is 0 Å². The van der Waals surface area contributed by atoms with E-state index in [1.807, 2.05) is 6.92 Å². The monoisotopic (exact) mass is 272 g/mol. The first kappa shape index (κ1) is 15.1. The van der Waals surface area contributed by atoms with E-state index in [1.165, 1.54) is 0 Å². The zero-order valence-electron chi connectivity index (χ0n) is 9.85. The number of alkyl halides is 3. The largest absolute Gasteiger partial charge is 0.441 e. The molecule has 102 valence electrons. The molecule has 2 unspecified atom stereocenters. The molecule has 0 aliphatic carbocycles. The topological polar surface area (TPSA) is 33.3 Å². The van der Waals surface area contributed by atoms with Crippen molar-refractivity contribution in [3.63, 3.8) is 0 Å². The highest BCUT2D eigenvalue weighted by molar-refractivity contribution is 8.00. The van der Waals surface area contributed by atoms with E-state index in [0.717, 1.165) is 19.6 Å². The molecule has 0 aromatic rings. The zero-order valence-corrected chi connectivity index (χ0v) is 10.7. The molecule has 0 bridgehead atoms. The number of morpholine rings is 1. The van der Waals surface area contributed by atoms with Gasteiger partial charge in [-0.05, 0) is 25.1 Å². The third-order valence-corrected chi connectivity index (χ3v) is 3.23. The smallest absolute Gasteiger partial charge is 0.379 e. The molecule has 0 amide bonds. The molecule has 0 aromatic carbocycles. The number of hydrogen-bond donors (Lipinski definition) is 2. The van der Waals surface area contributed by atoms with E-state index in [-0.39, 0.29) is 23.6 Å². The van der Waals surface area contributed by atoms with Gasteiger partial charge in [0.25, 0.3) is 0 Å². The van der Waals surface area contributed by atoms with Crippen molar-refractivity contribution in [2.45, 2.75) is 30.9 Å². The molecule has 0 spiro atoms. The maximum absolute atomic E-state index is 11.9. The van der Waals surface area contributed by atoms with Crippen molar-refractivity contribution in [2.75, 3.05) is 32.1 Å². The summed E-state index contributed by atoms with van der Waals surface area (Å²) in [6.45, 7) is 4.62. The second-order valence-corrected chi connectivity index (χ2v) is 5.27. The fourth-order valence-electron chi connectivity index (χ4n) is 1.75. The number of ether oxygens (including phenoxy) is 1. The number of nitrogens with one attached hydrogen (secondary N) is 2. The number of hydrogen-bond acceptors (Lipinski definition) is 4. The molecule has 1 aliphatic heterocycles. The minimum absolute atomic E-state index is 0.0188. The van der Waals surface area contributed by atoms with Crippen LogP contribution < -0.4 is 10.6 Å². The minimum Gasteiger partial charge on any atom is -0.379 e. The molecule has 1 saturated heterocycles. The van der Waals surface area contributed by atoms with Crippen LogP contribution in [0.2, 0.25) is 0 Å². The molecule has 0 radical (unpaired) electrons. The van der Waals surface area contributed by atoms with Gasteiger partial charge in [0.1, 0.15) is 0 Å². The molecule has 0 aromatic heterocycles. The number of thioether (sulfide) groups is 1. The molecular formula is C10H19F3N2OS. The van der Waals surface area contributed by atoms with Crippen LogP contribution in [0, 0.1) is 0 Å². The fourth-order valence-corrected chi connectivity index (χ4v) is 2.20. The molecule has 1 fully saturated rings. The molecule has 0 saturated carbocycles. The normalized spacial score (nSPS) is 23.6. The molecule has 7 heteroatoms. The Hall–Kier alpha value is 0.0200. The molecule has 2 N–H and O–H groups in total. The van der Waals surface area contributed by atoms with E-state index in [2.05, 4.69) is 10.6 Å². The summed E-state index contributed by atoms with van der Waals surface area (Å²) in [4.78, 5) is 0. The van der Waals surface area contributed by atoms with Crippen molar-refractivity contribution in [2.24, 2.45) is 0 Å². The van der Waals surface area contributed by atoms with Gasteiger partial charge in [-0.25, -0.2) is 0 Å². The van der Waals surface area contributed by atoms with Crippen LogP contribution in [0.25, 0.3) is 0 Å². The Bertz CT molecular complexity index is 210. The maximum Gasteiger partial charge on any atom is 0.441 e. The van der Waals surface area contributed by atoms with Crippen molar-refractivity contribution in [1.29, 1.82) is 0 Å². The van der Waals surface area contributed by atoms with Gasteiger partial charge in [-0.15, -0.1) is 0 Å². The maximum atomic E-state index is 11.9. The quantitative estimate of drug-likeness (QED) is 0.720. The van der Waals surface area contributed by atoms with Crippen molar-refractivity contribution >= 4 is 11.8 Å². The lowest BCUT2D eigenvalue weighted by Gasteiger charge is -2.26. The van der Waals surface area contributed by atoms with Crippen LogP contribution >= 0.6 is 11.8 Å². The molecule has 1 rings (SSSR count). The minimum atomic E-state index is -4.12. The third-order valence-electron chi connectivity index (χ3n) is 2.50. The van der Waals surface area contributed by atoms with Crippen molar-refractivity contribution in [3.05, 3.63) is 0 Å². The van der Waals surface area contributed by atoms with E-state index >= 15 is 0 Å². The van der Waals surface area contributed by atoms with E-state index < -0.39 is 5.51 Å². The van der Waals surface area contributed by atoms with Gasteiger partial charge < -0.3 is 15.4 Å². The lowest BCUT2D eigenvalue weighted by molar-refractivity contribution is -0.0327. The Morgan fingerprint density at radius 3 is 2.88 bits per heavy atom. The van der Waals surface area contributed by atoms with Crippen LogP contribution in [0.5, 0.6) is 0 Å². The Morgan fingerprint density at radius 2 is 2.29 bits per heavy atom. The Morgan fingerprint density at radius 1 is 1.53 bits per heavy atom. The summed E-state index contributed by atoms with van der Waals surface area (Å²) < 4.78 is 40.9. The summed E-state index contributed by atoms with van der Waals surface area (Å²) in [7, 11) is 0. The standard InChI is InChI=1S/C10H19F3N2OS/c1-8(6-9-7-16-4-2-15-9)14-3-5-17-10(11,12)13/h8-9,14-15H,2-7H2,1H3. The predicted molar refractivity (Wildman–Crippen MR) is 63.2 cm³/mol. The first-order valence-corrected chi connectivity index (χ1v) is 6.71. The summed E-state index contributed by atoms with van der Waals surface area (Å²) >= 11 is 0.0188. The van der Waals surface area contributed by atoms with Crippen molar-refractivity contribution in [3.8, 4) is 0 Å². The second-order valence-electron chi connectivity index (χ2n) is 4.11. The van der Waals surface area contributed by atoms with Crippen LogP contribution in [0.4, 0.5) is 13.2 Å². The molecule has 1 heterocycles. The van der Waals surface area contributed by atoms with Crippen LogP contribution in [-0.2, 0) is 4.74 Å². The summed E-state index contributed by atoms with van der Waals surface area (Å²) in [5.41, 5.74) is -4.12. The lowest BCUT2D eigenvalue weighted by Crippen LogP contribution is -2.45. The van der Waals surface area contributed by atoms with E-state index in [9.17, 15) is 13.2 Å². The molecule has 2 atom stereocenters. The third kappa shape index (κ3) is 7.86. The summed E-state index contributed by atoms with van der Waals surface area (Å²) in [6.07, 6.45) is 0.872. The van der Waals surface area contributed by atoms with Gasteiger partial charge in [-0.3, -0.25) is 0 Å². The summed E-state index contributed by atoms with van der Waals surface area (Å²) in [5, 5.41) is 6.40. The molecular weight excluding hydrogens is 253 g/mol. The van der Waals surface area contributed by atoms with E-state index in [0.29, 0.717) is 19.2 Å². The average molecular weight is 272 g/mol. The van der Waals surface area contributed by atoms with Gasteiger partial charge in [-0.1, -0.05) is 0 Å². The Balaban J connectivity index is 2.02. The SMILES string of the molecule is CC(CC1COCCN1)NCCSC(F)(F)F. The van der Waals surface area contributed by atoms with Crippen LogP contribution in [-0.4, -0.2) is 49.6 Å². The molecule has 3 nitrogen and oxygen atoms in total. The lowest BCUT2D eigenvalue weighted by atomic mass is 10.1. The van der Waals surface area contributed by atoms with Crippen LogP contribution in [0.1, 0.15) is 13.3 Å². The molecule has 17 heavy (non-hydrogen) atoms. The van der Waals surface area contributed by atoms with Gasteiger partial charge >= 0.3 is 5.51 Å². The van der Waals surface area contributed by atoms with E-state index in [4.69, 9.17) is 4.74 Å². The van der Waals surface area contributed by atoms with Gasteiger partial charge in [0.2, 0.25) is 0 Å². The highest BCUT2D eigenvalue weighted by atomic mass is 32.2. The number of halogens is 3. The predicted octanol–water partition coefficient (Wildman–Crippen LogP) is 1.60. The zero-order chi connectivity index (χ0) is 12.7. The van der Waals surface area contributed by atoms with Gasteiger partial charge in [0.15, 0.2) is 0 Å². The number of rotatable bonds is 6. The summed E-state index contributed by atoms with van der Waals surface area (Å²) in [6, 6.07) is 0.504. The summed E-state index contributed by atoms with van der Waals surface area (Å²) in [5.74, 6) is 0.0580. The Kier molecular flexibility index (Phi) is 6.61. The van der Waals surface area contributed by atoms with Crippen molar-refractivity contribution in [1.82, 2.24) is 10.6 Å². The first-order valence-electron chi connectivity index (χ1n) is 5.72. The van der Waals surface area contributed by atoms with Crippen molar-refractivity contribution < 1.29 is 17.9 Å². The van der Waals surface area contributed by atoms with Gasteiger partial charge in [-0.2, -0.15) is 13.2 Å². The van der Waals surface area contributed by atoms with E-state index in [1.54, 1.807) is 0 Å².